The lowest BCUT2D eigenvalue weighted by Crippen LogP contribution is -2.13. The molecular formula is C8H8BrN3S2. The van der Waals surface area contributed by atoms with Gasteiger partial charge >= 0.3 is 0 Å². The van der Waals surface area contributed by atoms with Gasteiger partial charge in [0.15, 0.2) is 0 Å². The fourth-order valence-corrected chi connectivity index (χ4v) is 3.16. The summed E-state index contributed by atoms with van der Waals surface area (Å²) >= 11 is 6.38. The summed E-state index contributed by atoms with van der Waals surface area (Å²) in [5.41, 5.74) is 6.86. The third-order valence-corrected chi connectivity index (χ3v) is 4.30. The fourth-order valence-electron chi connectivity index (χ4n) is 1.11. The Morgan fingerprint density at radius 2 is 2.43 bits per heavy atom. The third kappa shape index (κ3) is 2.20. The van der Waals surface area contributed by atoms with E-state index in [-0.39, 0.29) is 6.04 Å². The van der Waals surface area contributed by atoms with Gasteiger partial charge in [-0.3, -0.25) is 0 Å². The zero-order valence-electron chi connectivity index (χ0n) is 7.18. The molecule has 1 atom stereocenters. The lowest BCUT2D eigenvalue weighted by molar-refractivity contribution is 0.710. The van der Waals surface area contributed by atoms with Crippen LogP contribution in [0.4, 0.5) is 0 Å². The van der Waals surface area contributed by atoms with E-state index < -0.39 is 0 Å². The van der Waals surface area contributed by atoms with Crippen LogP contribution in [-0.4, -0.2) is 8.75 Å². The summed E-state index contributed by atoms with van der Waals surface area (Å²) in [7, 11) is 0. The van der Waals surface area contributed by atoms with Crippen molar-refractivity contribution in [2.75, 3.05) is 0 Å². The molecule has 0 aromatic carbocycles. The molecule has 74 valence electrons. The standard InChI is InChI=1S/C8H8BrN3S2/c9-5-1-2-13-8(5)3-6(10)7-4-11-14-12-7/h1-2,4,6H,3,10H2. The van der Waals surface area contributed by atoms with Gasteiger partial charge < -0.3 is 5.73 Å². The van der Waals surface area contributed by atoms with Crippen molar-refractivity contribution in [1.82, 2.24) is 8.75 Å². The maximum atomic E-state index is 5.99. The van der Waals surface area contributed by atoms with Crippen LogP contribution in [-0.2, 0) is 6.42 Å². The van der Waals surface area contributed by atoms with Crippen LogP contribution in [0.5, 0.6) is 0 Å². The minimum atomic E-state index is -0.0521. The van der Waals surface area contributed by atoms with Crippen molar-refractivity contribution < 1.29 is 0 Å². The van der Waals surface area contributed by atoms with Gasteiger partial charge in [-0.25, -0.2) is 0 Å². The number of hydrogen-bond donors (Lipinski definition) is 1. The van der Waals surface area contributed by atoms with E-state index in [1.807, 2.05) is 11.4 Å². The highest BCUT2D eigenvalue weighted by Crippen LogP contribution is 2.26. The molecule has 2 N–H and O–H groups in total. The molecule has 2 rings (SSSR count). The van der Waals surface area contributed by atoms with Crippen LogP contribution in [0, 0.1) is 0 Å². The number of nitrogens with two attached hydrogens (primary N) is 1. The Balaban J connectivity index is 2.09. The number of hydrogen-bond acceptors (Lipinski definition) is 5. The first-order chi connectivity index (χ1) is 6.77. The van der Waals surface area contributed by atoms with Gasteiger partial charge in [0.2, 0.25) is 0 Å². The summed E-state index contributed by atoms with van der Waals surface area (Å²) in [4.78, 5) is 1.26. The van der Waals surface area contributed by atoms with Crippen molar-refractivity contribution in [3.63, 3.8) is 0 Å². The molecule has 2 heterocycles. The van der Waals surface area contributed by atoms with Crippen LogP contribution in [0.25, 0.3) is 0 Å². The molecule has 0 aliphatic heterocycles. The van der Waals surface area contributed by atoms with Gasteiger partial charge in [0.05, 0.1) is 29.7 Å². The smallest absolute Gasteiger partial charge is 0.0913 e. The van der Waals surface area contributed by atoms with E-state index in [0.29, 0.717) is 0 Å². The first-order valence-electron chi connectivity index (χ1n) is 4.02. The Bertz CT molecular complexity index is 398. The van der Waals surface area contributed by atoms with Crippen molar-refractivity contribution in [2.24, 2.45) is 5.73 Å². The van der Waals surface area contributed by atoms with Crippen molar-refractivity contribution in [3.8, 4) is 0 Å². The van der Waals surface area contributed by atoms with Crippen molar-refractivity contribution in [2.45, 2.75) is 12.5 Å². The van der Waals surface area contributed by atoms with Gasteiger partial charge in [-0.05, 0) is 27.4 Å². The molecule has 0 spiro atoms. The van der Waals surface area contributed by atoms with E-state index in [1.54, 1.807) is 17.5 Å². The van der Waals surface area contributed by atoms with Crippen LogP contribution < -0.4 is 5.73 Å². The first-order valence-corrected chi connectivity index (χ1v) is 6.42. The molecule has 0 saturated carbocycles. The molecule has 3 nitrogen and oxygen atoms in total. The molecule has 2 aromatic rings. The predicted octanol–water partition coefficient (Wildman–Crippen LogP) is 2.60. The van der Waals surface area contributed by atoms with E-state index in [0.717, 1.165) is 16.6 Å². The summed E-state index contributed by atoms with van der Waals surface area (Å²) in [6, 6.07) is 1.98. The topological polar surface area (TPSA) is 51.8 Å². The second kappa shape index (κ2) is 4.48. The lowest BCUT2D eigenvalue weighted by atomic mass is 10.1. The van der Waals surface area contributed by atoms with Crippen molar-refractivity contribution in [3.05, 3.63) is 32.7 Å². The van der Waals surface area contributed by atoms with Gasteiger partial charge in [0.25, 0.3) is 0 Å². The molecule has 0 bridgehead atoms. The monoisotopic (exact) mass is 289 g/mol. The summed E-state index contributed by atoms with van der Waals surface area (Å²) < 4.78 is 9.18. The first kappa shape index (κ1) is 10.2. The SMILES string of the molecule is NC(Cc1sccc1Br)c1cnsn1. The molecule has 6 heteroatoms. The average Bonchev–Trinajstić information content (AvgIpc) is 2.77. The van der Waals surface area contributed by atoms with Crippen LogP contribution in [0.1, 0.15) is 16.6 Å². The van der Waals surface area contributed by atoms with E-state index >= 15 is 0 Å². The second-order valence-corrected chi connectivity index (χ2v) is 5.25. The van der Waals surface area contributed by atoms with Crippen LogP contribution in [0.3, 0.4) is 0 Å². The largest absolute Gasteiger partial charge is 0.322 e. The normalized spacial score (nSPS) is 13.0. The maximum Gasteiger partial charge on any atom is 0.0913 e. The van der Waals surface area contributed by atoms with Gasteiger partial charge in [-0.2, -0.15) is 8.75 Å². The lowest BCUT2D eigenvalue weighted by Gasteiger charge is -2.06. The Morgan fingerprint density at radius 3 is 3.00 bits per heavy atom. The quantitative estimate of drug-likeness (QED) is 0.945. The Morgan fingerprint density at radius 1 is 1.57 bits per heavy atom. The zero-order chi connectivity index (χ0) is 9.97. The van der Waals surface area contributed by atoms with E-state index in [4.69, 9.17) is 5.73 Å². The summed E-state index contributed by atoms with van der Waals surface area (Å²) in [6.07, 6.45) is 2.54. The Labute approximate surface area is 98.4 Å². The van der Waals surface area contributed by atoms with Gasteiger partial charge in [0.1, 0.15) is 0 Å². The molecule has 0 saturated heterocycles. The fraction of sp³-hybridized carbons (Fsp3) is 0.250. The minimum Gasteiger partial charge on any atom is -0.322 e. The van der Waals surface area contributed by atoms with E-state index in [2.05, 4.69) is 24.7 Å². The molecule has 1 unspecified atom stereocenters. The number of nitrogens with zero attached hydrogens (tertiary/aromatic N) is 2. The van der Waals surface area contributed by atoms with Crippen LogP contribution in [0.15, 0.2) is 22.1 Å². The summed E-state index contributed by atoms with van der Waals surface area (Å²) in [5.74, 6) is 0. The van der Waals surface area contributed by atoms with Crippen LogP contribution in [0.2, 0.25) is 0 Å². The van der Waals surface area contributed by atoms with Gasteiger partial charge in [0, 0.05) is 15.8 Å². The van der Waals surface area contributed by atoms with E-state index in [1.165, 1.54) is 16.6 Å². The summed E-state index contributed by atoms with van der Waals surface area (Å²) in [5, 5.41) is 2.05. The molecule has 0 aliphatic carbocycles. The molecular weight excluding hydrogens is 282 g/mol. The number of rotatable bonds is 3. The van der Waals surface area contributed by atoms with Gasteiger partial charge in [-0.1, -0.05) is 0 Å². The Kier molecular flexibility index (Phi) is 3.27. The van der Waals surface area contributed by atoms with Crippen molar-refractivity contribution in [1.29, 1.82) is 0 Å². The molecule has 2 aromatic heterocycles. The number of aromatic nitrogens is 2. The van der Waals surface area contributed by atoms with E-state index in [9.17, 15) is 0 Å². The number of halogens is 1. The van der Waals surface area contributed by atoms with Gasteiger partial charge in [-0.15, -0.1) is 11.3 Å². The molecule has 14 heavy (non-hydrogen) atoms. The highest BCUT2D eigenvalue weighted by molar-refractivity contribution is 9.10. The molecule has 0 radical (unpaired) electrons. The average molecular weight is 290 g/mol. The maximum absolute atomic E-state index is 5.99. The Hall–Kier alpha value is -0.300. The summed E-state index contributed by atoms with van der Waals surface area (Å²) in [6.45, 7) is 0. The third-order valence-electron chi connectivity index (χ3n) is 1.85. The zero-order valence-corrected chi connectivity index (χ0v) is 10.4. The van der Waals surface area contributed by atoms with Crippen LogP contribution >= 0.6 is 39.0 Å². The molecule has 0 fully saturated rings. The highest BCUT2D eigenvalue weighted by Gasteiger charge is 2.12. The van der Waals surface area contributed by atoms with Crippen molar-refractivity contribution >= 4 is 39.0 Å². The second-order valence-electron chi connectivity index (χ2n) is 2.83. The number of thiophene rings is 1. The predicted molar refractivity (Wildman–Crippen MR) is 62.6 cm³/mol. The molecule has 0 amide bonds. The molecule has 0 aliphatic rings. The highest BCUT2D eigenvalue weighted by atomic mass is 79.9. The minimum absolute atomic E-state index is 0.0521.